The van der Waals surface area contributed by atoms with Gasteiger partial charge in [-0.2, -0.15) is 25.8 Å². The number of nitrogens with one attached hydrogen (secondary N) is 1. The molecule has 3 rings (SSSR count). The van der Waals surface area contributed by atoms with Crippen molar-refractivity contribution in [3.63, 3.8) is 0 Å². The Hall–Kier alpha value is -2.15. The fourth-order valence-corrected chi connectivity index (χ4v) is 3.06. The molecule has 0 spiro atoms. The molecule has 7 heteroatoms. The first-order chi connectivity index (χ1) is 11.9. The number of halogens is 3. The number of nitrogens with zero attached hydrogens (tertiary/aromatic N) is 1. The van der Waals surface area contributed by atoms with Crippen LogP contribution in [-0.4, -0.2) is 16.6 Å². The van der Waals surface area contributed by atoms with E-state index in [-0.39, 0.29) is 5.91 Å². The lowest BCUT2D eigenvalue weighted by atomic mass is 10.1. The first-order valence-electron chi connectivity index (χ1n) is 7.82. The van der Waals surface area contributed by atoms with Crippen LogP contribution in [0.5, 0.6) is 0 Å². The molecule has 2 aromatic rings. The predicted octanol–water partition coefficient (Wildman–Crippen LogP) is 4.61. The van der Waals surface area contributed by atoms with Crippen LogP contribution in [0.1, 0.15) is 23.1 Å². The quantitative estimate of drug-likeness (QED) is 0.775. The number of benzene rings is 2. The molecule has 0 saturated carbocycles. The highest BCUT2D eigenvalue weighted by Gasteiger charge is 2.30. The number of alkyl halides is 3. The third-order valence-electron chi connectivity index (χ3n) is 4.15. The van der Waals surface area contributed by atoms with Gasteiger partial charge in [-0.3, -0.25) is 4.79 Å². The van der Waals surface area contributed by atoms with Crippen molar-refractivity contribution < 1.29 is 18.0 Å². The number of rotatable bonds is 4. The van der Waals surface area contributed by atoms with Gasteiger partial charge in [0.15, 0.2) is 0 Å². The number of carbonyl (C=O) groups excluding carboxylic acids is 1. The fraction of sp³-hybridized carbons (Fsp3) is 0.278. The molecule has 1 aliphatic rings. The minimum atomic E-state index is -4.35. The highest BCUT2D eigenvalue weighted by atomic mass is 32.1. The van der Waals surface area contributed by atoms with Crippen molar-refractivity contribution in [1.82, 2.24) is 4.90 Å². The molecule has 0 saturated heterocycles. The maximum Gasteiger partial charge on any atom is 0.416 e. The van der Waals surface area contributed by atoms with Crippen molar-refractivity contribution in [2.75, 3.05) is 11.1 Å². The Morgan fingerprint density at radius 2 is 1.84 bits per heavy atom. The Labute approximate surface area is 149 Å². The maximum atomic E-state index is 12.6. The van der Waals surface area contributed by atoms with Crippen molar-refractivity contribution >= 4 is 29.9 Å². The molecule has 0 bridgehead atoms. The minimum Gasteiger partial charge on any atom is -0.355 e. The standard InChI is InChI=1S/C18H17F3N2OS/c19-18(20,21)13-4-6-14(7-5-13)22-16-3-1-2-12-10-23(11-15(12)16)17(24)8-9-25/h1-7,22,25H,8-11H2. The summed E-state index contributed by atoms with van der Waals surface area (Å²) >= 11 is 4.09. The molecular formula is C18H17F3N2OS. The number of amides is 1. The van der Waals surface area contributed by atoms with Gasteiger partial charge in [0.05, 0.1) is 5.56 Å². The van der Waals surface area contributed by atoms with E-state index in [9.17, 15) is 18.0 Å². The van der Waals surface area contributed by atoms with Gasteiger partial charge in [-0.1, -0.05) is 12.1 Å². The van der Waals surface area contributed by atoms with Gasteiger partial charge < -0.3 is 10.2 Å². The van der Waals surface area contributed by atoms with E-state index >= 15 is 0 Å². The normalized spacial score (nSPS) is 13.7. The number of thiol groups is 1. The molecule has 0 fully saturated rings. The summed E-state index contributed by atoms with van der Waals surface area (Å²) in [6.07, 6.45) is -3.96. The molecule has 25 heavy (non-hydrogen) atoms. The van der Waals surface area contributed by atoms with E-state index in [1.165, 1.54) is 12.1 Å². The van der Waals surface area contributed by atoms with Crippen LogP contribution in [0.15, 0.2) is 42.5 Å². The maximum absolute atomic E-state index is 12.6. The fourth-order valence-electron chi connectivity index (χ4n) is 2.87. The van der Waals surface area contributed by atoms with Crippen LogP contribution in [0, 0.1) is 0 Å². The summed E-state index contributed by atoms with van der Waals surface area (Å²) in [7, 11) is 0. The smallest absolute Gasteiger partial charge is 0.355 e. The lowest BCUT2D eigenvalue weighted by molar-refractivity contribution is -0.137. The van der Waals surface area contributed by atoms with Crippen LogP contribution in [0.2, 0.25) is 0 Å². The zero-order valence-electron chi connectivity index (χ0n) is 13.3. The van der Waals surface area contributed by atoms with Crippen molar-refractivity contribution in [2.24, 2.45) is 0 Å². The number of hydrogen-bond donors (Lipinski definition) is 2. The zero-order valence-corrected chi connectivity index (χ0v) is 14.2. The minimum absolute atomic E-state index is 0.0479. The monoisotopic (exact) mass is 366 g/mol. The third-order valence-corrected chi connectivity index (χ3v) is 4.38. The molecule has 1 amide bonds. The van der Waals surface area contributed by atoms with Crippen LogP contribution in [-0.2, 0) is 24.1 Å². The van der Waals surface area contributed by atoms with Gasteiger partial charge in [0.1, 0.15) is 0 Å². The lowest BCUT2D eigenvalue weighted by Gasteiger charge is -2.15. The van der Waals surface area contributed by atoms with Crippen LogP contribution in [0.25, 0.3) is 0 Å². The number of carbonyl (C=O) groups is 1. The first-order valence-corrected chi connectivity index (χ1v) is 8.45. The summed E-state index contributed by atoms with van der Waals surface area (Å²) in [4.78, 5) is 13.8. The highest BCUT2D eigenvalue weighted by molar-refractivity contribution is 7.80. The van der Waals surface area contributed by atoms with E-state index in [1.807, 2.05) is 18.2 Å². The zero-order chi connectivity index (χ0) is 18.0. The molecule has 1 heterocycles. The van der Waals surface area contributed by atoms with E-state index in [4.69, 9.17) is 0 Å². The third kappa shape index (κ3) is 3.92. The van der Waals surface area contributed by atoms with E-state index in [2.05, 4.69) is 17.9 Å². The molecule has 0 aliphatic carbocycles. The molecular weight excluding hydrogens is 349 g/mol. The molecule has 1 aliphatic heterocycles. The Balaban J connectivity index is 1.78. The van der Waals surface area contributed by atoms with E-state index in [1.54, 1.807) is 4.90 Å². The number of hydrogen-bond acceptors (Lipinski definition) is 3. The summed E-state index contributed by atoms with van der Waals surface area (Å²) in [6.45, 7) is 1.04. The van der Waals surface area contributed by atoms with Crippen molar-refractivity contribution in [3.05, 3.63) is 59.2 Å². The molecule has 0 unspecified atom stereocenters. The van der Waals surface area contributed by atoms with Gasteiger partial charge in [0.25, 0.3) is 0 Å². The highest BCUT2D eigenvalue weighted by Crippen LogP contribution is 2.33. The molecule has 0 aromatic heterocycles. The van der Waals surface area contributed by atoms with E-state index in [0.29, 0.717) is 31.0 Å². The molecule has 0 atom stereocenters. The van der Waals surface area contributed by atoms with Gasteiger partial charge in [-0.15, -0.1) is 0 Å². The van der Waals surface area contributed by atoms with Crippen LogP contribution in [0.3, 0.4) is 0 Å². The van der Waals surface area contributed by atoms with Crippen molar-refractivity contribution in [1.29, 1.82) is 0 Å². The van der Waals surface area contributed by atoms with Gasteiger partial charge in [0.2, 0.25) is 5.91 Å². The number of fused-ring (bicyclic) bond motifs is 1. The van der Waals surface area contributed by atoms with Gasteiger partial charge in [-0.25, -0.2) is 0 Å². The molecule has 1 N–H and O–H groups in total. The van der Waals surface area contributed by atoms with Crippen molar-refractivity contribution in [2.45, 2.75) is 25.7 Å². The topological polar surface area (TPSA) is 32.3 Å². The second-order valence-corrected chi connectivity index (χ2v) is 6.31. The van der Waals surface area contributed by atoms with E-state index < -0.39 is 11.7 Å². The second-order valence-electron chi connectivity index (χ2n) is 5.87. The van der Waals surface area contributed by atoms with Crippen LogP contribution in [0.4, 0.5) is 24.5 Å². The van der Waals surface area contributed by atoms with Crippen LogP contribution >= 0.6 is 12.6 Å². The van der Waals surface area contributed by atoms with E-state index in [0.717, 1.165) is 28.9 Å². The van der Waals surface area contributed by atoms with Crippen LogP contribution < -0.4 is 5.32 Å². The average molecular weight is 366 g/mol. The molecule has 132 valence electrons. The largest absolute Gasteiger partial charge is 0.416 e. The average Bonchev–Trinajstić information content (AvgIpc) is 3.00. The summed E-state index contributed by atoms with van der Waals surface area (Å²) in [5.41, 5.74) is 2.74. The Bertz CT molecular complexity index is 775. The van der Waals surface area contributed by atoms with Gasteiger partial charge >= 0.3 is 6.18 Å². The SMILES string of the molecule is O=C(CCS)N1Cc2cccc(Nc3ccc(C(F)(F)F)cc3)c2C1. The number of anilines is 2. The van der Waals surface area contributed by atoms with Crippen molar-refractivity contribution in [3.8, 4) is 0 Å². The Morgan fingerprint density at radius 1 is 1.12 bits per heavy atom. The summed E-state index contributed by atoms with van der Waals surface area (Å²) < 4.78 is 37.9. The predicted molar refractivity (Wildman–Crippen MR) is 93.9 cm³/mol. The summed E-state index contributed by atoms with van der Waals surface area (Å²) in [6, 6.07) is 10.6. The molecule has 2 aromatic carbocycles. The van der Waals surface area contributed by atoms with Gasteiger partial charge in [-0.05, 0) is 47.2 Å². The second kappa shape index (κ2) is 7.00. The first kappa shape index (κ1) is 17.7. The molecule has 3 nitrogen and oxygen atoms in total. The Kier molecular flexibility index (Phi) is 4.94. The Morgan fingerprint density at radius 3 is 2.48 bits per heavy atom. The lowest BCUT2D eigenvalue weighted by Crippen LogP contribution is -2.25. The molecule has 0 radical (unpaired) electrons. The summed E-state index contributed by atoms with van der Waals surface area (Å²) in [5.74, 6) is 0.550. The van der Waals surface area contributed by atoms with Gasteiger partial charge in [0, 0.05) is 30.9 Å². The summed E-state index contributed by atoms with van der Waals surface area (Å²) in [5, 5.41) is 3.15.